The Morgan fingerprint density at radius 2 is 1.57 bits per heavy atom. The molecule has 2 aromatic rings. The monoisotopic (exact) mass is 402 g/mol. The van der Waals surface area contributed by atoms with Crippen LogP contribution in [0.15, 0.2) is 48.5 Å². The fourth-order valence-corrected chi connectivity index (χ4v) is 3.29. The average Bonchev–Trinajstić information content (AvgIpc) is 2.64. The Kier molecular flexibility index (Phi) is 6.35. The molecule has 152 valence electrons. The van der Waals surface area contributed by atoms with Gasteiger partial charge in [0.1, 0.15) is 11.5 Å². The maximum Gasteiger partial charge on any atom is 0.573 e. The molecule has 1 aliphatic rings. The molecule has 0 aliphatic carbocycles. The lowest BCUT2D eigenvalue weighted by Crippen LogP contribution is -2.45. The minimum absolute atomic E-state index is 0.0386. The van der Waals surface area contributed by atoms with E-state index in [0.717, 1.165) is 0 Å². The third-order valence-electron chi connectivity index (χ3n) is 4.38. The third-order valence-corrected chi connectivity index (χ3v) is 4.38. The van der Waals surface area contributed by atoms with Gasteiger partial charge in [-0.05, 0) is 23.8 Å². The van der Waals surface area contributed by atoms with E-state index < -0.39 is 19.0 Å². The highest BCUT2D eigenvalue weighted by molar-refractivity contribution is 5.43. The zero-order valence-corrected chi connectivity index (χ0v) is 14.8. The van der Waals surface area contributed by atoms with E-state index in [4.69, 9.17) is 0 Å². The molecule has 1 aliphatic heterocycles. The average molecular weight is 402 g/mol. The molecule has 28 heavy (non-hydrogen) atoms. The highest BCUT2D eigenvalue weighted by Gasteiger charge is 2.32. The number of halogens is 5. The van der Waals surface area contributed by atoms with Gasteiger partial charge >= 0.3 is 13.0 Å². The van der Waals surface area contributed by atoms with E-state index in [-0.39, 0.29) is 11.5 Å². The third kappa shape index (κ3) is 5.32. The zero-order valence-electron chi connectivity index (χ0n) is 14.8. The van der Waals surface area contributed by atoms with Crippen LogP contribution < -0.4 is 14.8 Å². The highest BCUT2D eigenvalue weighted by atomic mass is 19.4. The zero-order chi connectivity index (χ0) is 20.1. The van der Waals surface area contributed by atoms with Crippen LogP contribution in [0.2, 0.25) is 0 Å². The van der Waals surface area contributed by atoms with Crippen molar-refractivity contribution in [2.24, 2.45) is 0 Å². The summed E-state index contributed by atoms with van der Waals surface area (Å²) in [6.07, 6.45) is -4.78. The summed E-state index contributed by atoms with van der Waals surface area (Å²) in [4.78, 5) is 2.07. The van der Waals surface area contributed by atoms with Crippen LogP contribution in [0, 0.1) is 0 Å². The molecule has 4 nitrogen and oxygen atoms in total. The summed E-state index contributed by atoms with van der Waals surface area (Å²) in [5.41, 5.74) is 1.18. The normalized spacial score (nSPS) is 16.8. The topological polar surface area (TPSA) is 33.7 Å². The number of benzene rings is 2. The van der Waals surface area contributed by atoms with E-state index in [9.17, 15) is 22.0 Å². The summed E-state index contributed by atoms with van der Waals surface area (Å²) in [5, 5.41) is 3.22. The molecule has 1 saturated heterocycles. The molecule has 1 atom stereocenters. The Morgan fingerprint density at radius 3 is 2.18 bits per heavy atom. The number of rotatable bonds is 6. The first-order valence-corrected chi connectivity index (χ1v) is 8.68. The molecule has 0 amide bonds. The second kappa shape index (κ2) is 8.74. The summed E-state index contributed by atoms with van der Waals surface area (Å²) in [7, 11) is 0. The van der Waals surface area contributed by atoms with Crippen molar-refractivity contribution >= 4 is 0 Å². The van der Waals surface area contributed by atoms with Crippen molar-refractivity contribution in [2.75, 3.05) is 26.2 Å². The molecule has 2 aromatic carbocycles. The lowest BCUT2D eigenvalue weighted by molar-refractivity contribution is -0.274. The number of para-hydroxylation sites is 1. The van der Waals surface area contributed by atoms with E-state index in [0.29, 0.717) is 37.3 Å². The number of piperazine rings is 1. The SMILES string of the molecule is FC(F)Oc1ccccc1[C@@H](c1ccc(OC(F)(F)F)cc1)N1CCNCC1. The summed E-state index contributed by atoms with van der Waals surface area (Å²) < 4.78 is 71.5. The molecule has 0 saturated carbocycles. The lowest BCUT2D eigenvalue weighted by Gasteiger charge is -2.36. The summed E-state index contributed by atoms with van der Waals surface area (Å²) in [6, 6.07) is 11.4. The number of alkyl halides is 5. The van der Waals surface area contributed by atoms with Crippen LogP contribution in [-0.4, -0.2) is 44.1 Å². The van der Waals surface area contributed by atoms with Crippen molar-refractivity contribution < 1.29 is 31.4 Å². The van der Waals surface area contributed by atoms with Crippen molar-refractivity contribution in [1.82, 2.24) is 10.2 Å². The van der Waals surface area contributed by atoms with Gasteiger partial charge in [-0.2, -0.15) is 8.78 Å². The van der Waals surface area contributed by atoms with Gasteiger partial charge in [-0.15, -0.1) is 13.2 Å². The smallest absolute Gasteiger partial charge is 0.434 e. The van der Waals surface area contributed by atoms with Gasteiger partial charge in [0, 0.05) is 31.7 Å². The van der Waals surface area contributed by atoms with Crippen LogP contribution in [0.4, 0.5) is 22.0 Å². The maximum atomic E-state index is 12.9. The Bertz CT molecular complexity index is 762. The Balaban J connectivity index is 1.96. The van der Waals surface area contributed by atoms with Gasteiger partial charge in [-0.3, -0.25) is 4.90 Å². The Morgan fingerprint density at radius 1 is 0.929 bits per heavy atom. The van der Waals surface area contributed by atoms with Crippen LogP contribution in [-0.2, 0) is 0 Å². The van der Waals surface area contributed by atoms with E-state index >= 15 is 0 Å². The highest BCUT2D eigenvalue weighted by Crippen LogP contribution is 2.36. The van der Waals surface area contributed by atoms with Gasteiger partial charge < -0.3 is 14.8 Å². The number of ether oxygens (including phenoxy) is 2. The van der Waals surface area contributed by atoms with Crippen molar-refractivity contribution in [2.45, 2.75) is 19.0 Å². The molecule has 0 bridgehead atoms. The van der Waals surface area contributed by atoms with Crippen LogP contribution >= 0.6 is 0 Å². The molecule has 0 aromatic heterocycles. The first-order valence-electron chi connectivity index (χ1n) is 8.68. The molecule has 0 spiro atoms. The maximum absolute atomic E-state index is 12.9. The predicted molar refractivity (Wildman–Crippen MR) is 92.5 cm³/mol. The van der Waals surface area contributed by atoms with Gasteiger partial charge in [0.2, 0.25) is 0 Å². The molecule has 1 heterocycles. The second-order valence-electron chi connectivity index (χ2n) is 6.22. The summed E-state index contributed by atoms with van der Waals surface area (Å²) in [6.45, 7) is -0.261. The van der Waals surface area contributed by atoms with Crippen LogP contribution in [0.3, 0.4) is 0 Å². The van der Waals surface area contributed by atoms with Crippen LogP contribution in [0.25, 0.3) is 0 Å². The fourth-order valence-electron chi connectivity index (χ4n) is 3.29. The standard InChI is InChI=1S/C19H19F5N2O2/c20-18(21)27-16-4-2-1-3-15(16)17(26-11-9-25-10-12-26)13-5-7-14(8-6-13)28-19(22,23)24/h1-8,17-18,25H,9-12H2/t17-/m1/s1. The minimum atomic E-state index is -4.78. The lowest BCUT2D eigenvalue weighted by atomic mass is 9.95. The first kappa shape index (κ1) is 20.3. The van der Waals surface area contributed by atoms with Crippen molar-refractivity contribution in [3.63, 3.8) is 0 Å². The molecular weight excluding hydrogens is 383 g/mol. The molecular formula is C19H19F5N2O2. The first-order chi connectivity index (χ1) is 13.3. The Labute approximate surface area is 158 Å². The molecule has 9 heteroatoms. The molecule has 1 N–H and O–H groups in total. The molecule has 0 unspecified atom stereocenters. The van der Waals surface area contributed by atoms with E-state index in [2.05, 4.69) is 19.7 Å². The second-order valence-corrected chi connectivity index (χ2v) is 6.22. The van der Waals surface area contributed by atoms with Crippen molar-refractivity contribution in [1.29, 1.82) is 0 Å². The minimum Gasteiger partial charge on any atom is -0.434 e. The predicted octanol–water partition coefficient (Wildman–Crippen LogP) is 4.18. The largest absolute Gasteiger partial charge is 0.573 e. The van der Waals surface area contributed by atoms with E-state index in [1.807, 2.05) is 0 Å². The van der Waals surface area contributed by atoms with Crippen molar-refractivity contribution in [3.8, 4) is 11.5 Å². The van der Waals surface area contributed by atoms with Gasteiger partial charge in [0.25, 0.3) is 0 Å². The number of hydrogen-bond donors (Lipinski definition) is 1. The van der Waals surface area contributed by atoms with Gasteiger partial charge in [-0.1, -0.05) is 30.3 Å². The summed E-state index contributed by atoms with van der Waals surface area (Å²) in [5.74, 6) is -0.302. The number of hydrogen-bond acceptors (Lipinski definition) is 4. The number of nitrogens with one attached hydrogen (secondary N) is 1. The molecule has 3 rings (SSSR count). The van der Waals surface area contributed by atoms with Crippen LogP contribution in [0.5, 0.6) is 11.5 Å². The molecule has 0 radical (unpaired) electrons. The quantitative estimate of drug-likeness (QED) is 0.735. The number of nitrogens with zero attached hydrogens (tertiary/aromatic N) is 1. The van der Waals surface area contributed by atoms with Crippen molar-refractivity contribution in [3.05, 3.63) is 59.7 Å². The Hall–Kier alpha value is -2.39. The van der Waals surface area contributed by atoms with E-state index in [1.165, 1.54) is 30.3 Å². The van der Waals surface area contributed by atoms with Gasteiger partial charge in [-0.25, -0.2) is 0 Å². The van der Waals surface area contributed by atoms with E-state index in [1.54, 1.807) is 18.2 Å². The van der Waals surface area contributed by atoms with Gasteiger partial charge in [0.05, 0.1) is 6.04 Å². The summed E-state index contributed by atoms with van der Waals surface area (Å²) >= 11 is 0. The molecule has 1 fully saturated rings. The van der Waals surface area contributed by atoms with Crippen LogP contribution in [0.1, 0.15) is 17.2 Å². The van der Waals surface area contributed by atoms with Gasteiger partial charge in [0.15, 0.2) is 0 Å². The fraction of sp³-hybridized carbons (Fsp3) is 0.368.